The third kappa shape index (κ3) is 5.86. The van der Waals surface area contributed by atoms with Gasteiger partial charge in [-0.3, -0.25) is 9.59 Å². The van der Waals surface area contributed by atoms with Crippen molar-refractivity contribution in [2.45, 2.75) is 39.4 Å². The highest BCUT2D eigenvalue weighted by molar-refractivity contribution is 7.07. The van der Waals surface area contributed by atoms with E-state index < -0.39 is 18.0 Å². The minimum absolute atomic E-state index is 0.0712. The smallest absolute Gasteiger partial charge is 0.303 e. The normalized spacial score (nSPS) is 11.7. The molecule has 1 aromatic heterocycles. The second-order valence-corrected chi connectivity index (χ2v) is 8.07. The molecule has 0 fully saturated rings. The van der Waals surface area contributed by atoms with Crippen molar-refractivity contribution in [2.24, 2.45) is 5.73 Å². The van der Waals surface area contributed by atoms with Gasteiger partial charge >= 0.3 is 5.97 Å². The molecule has 0 aliphatic rings. The van der Waals surface area contributed by atoms with Gasteiger partial charge in [0, 0.05) is 12.5 Å². The minimum atomic E-state index is -0.915. The van der Waals surface area contributed by atoms with Gasteiger partial charge < -0.3 is 20.3 Å². The molecular weight excluding hydrogens is 414 g/mol. The summed E-state index contributed by atoms with van der Waals surface area (Å²) in [6.07, 6.45) is -0.378. The van der Waals surface area contributed by atoms with E-state index in [4.69, 9.17) is 15.2 Å². The Balaban J connectivity index is 1.95. The number of hydrogen-bond donors (Lipinski definition) is 2. The Morgan fingerprint density at radius 2 is 1.90 bits per heavy atom. The Labute approximate surface area is 185 Å². The molecule has 162 valence electrons. The third-order valence-electron chi connectivity index (χ3n) is 4.93. The fourth-order valence-corrected chi connectivity index (χ4v) is 4.04. The van der Waals surface area contributed by atoms with Crippen LogP contribution in [0.5, 0.6) is 11.5 Å². The van der Waals surface area contributed by atoms with Crippen LogP contribution in [-0.4, -0.2) is 17.0 Å². The van der Waals surface area contributed by atoms with Crippen LogP contribution in [0.25, 0.3) is 0 Å². The SMILES string of the molecule is Cc1ccccc1[C@H](CCC(=O)O)Oc1cc(OCc2ccsc2)cc(C)c1C(N)=O. The second kappa shape index (κ2) is 10.1. The first-order chi connectivity index (χ1) is 14.8. The molecule has 1 atom stereocenters. The lowest BCUT2D eigenvalue weighted by molar-refractivity contribution is -0.137. The van der Waals surface area contributed by atoms with E-state index in [0.29, 0.717) is 17.9 Å². The van der Waals surface area contributed by atoms with Gasteiger partial charge in [-0.2, -0.15) is 11.3 Å². The summed E-state index contributed by atoms with van der Waals surface area (Å²) in [5.74, 6) is -0.697. The number of aliphatic carboxylic acids is 1. The van der Waals surface area contributed by atoms with Crippen molar-refractivity contribution < 1.29 is 24.2 Å². The van der Waals surface area contributed by atoms with Crippen LogP contribution < -0.4 is 15.2 Å². The average molecular weight is 440 g/mol. The lowest BCUT2D eigenvalue weighted by Crippen LogP contribution is -2.18. The molecule has 1 amide bonds. The van der Waals surface area contributed by atoms with Crippen molar-refractivity contribution in [3.63, 3.8) is 0 Å². The van der Waals surface area contributed by atoms with Crippen LogP contribution in [0.4, 0.5) is 0 Å². The summed E-state index contributed by atoms with van der Waals surface area (Å²) in [5, 5.41) is 13.2. The highest BCUT2D eigenvalue weighted by atomic mass is 32.1. The van der Waals surface area contributed by atoms with E-state index in [1.807, 2.05) is 48.0 Å². The van der Waals surface area contributed by atoms with Crippen LogP contribution in [-0.2, 0) is 11.4 Å². The summed E-state index contributed by atoms with van der Waals surface area (Å²) in [7, 11) is 0. The number of ether oxygens (including phenoxy) is 2. The van der Waals surface area contributed by atoms with Gasteiger partial charge in [0.2, 0.25) is 0 Å². The predicted molar refractivity (Wildman–Crippen MR) is 120 cm³/mol. The summed E-state index contributed by atoms with van der Waals surface area (Å²) in [6, 6.07) is 13.0. The van der Waals surface area contributed by atoms with Crippen molar-refractivity contribution in [3.05, 3.63) is 81.0 Å². The van der Waals surface area contributed by atoms with Crippen LogP contribution in [0.3, 0.4) is 0 Å². The molecule has 7 heteroatoms. The molecular formula is C24H25NO5S. The molecule has 0 spiro atoms. The van der Waals surface area contributed by atoms with Gasteiger partial charge in [-0.25, -0.2) is 0 Å². The Hall–Kier alpha value is -3.32. The topological polar surface area (TPSA) is 98.8 Å². The Bertz CT molecular complexity index is 1060. The quantitative estimate of drug-likeness (QED) is 0.462. The maximum Gasteiger partial charge on any atom is 0.303 e. The lowest BCUT2D eigenvalue weighted by Gasteiger charge is -2.23. The first kappa shape index (κ1) is 22.4. The highest BCUT2D eigenvalue weighted by Crippen LogP contribution is 2.35. The van der Waals surface area contributed by atoms with Gasteiger partial charge in [0.15, 0.2) is 0 Å². The van der Waals surface area contributed by atoms with Crippen molar-refractivity contribution in [1.82, 2.24) is 0 Å². The van der Waals surface area contributed by atoms with Gasteiger partial charge in [0.1, 0.15) is 24.2 Å². The summed E-state index contributed by atoms with van der Waals surface area (Å²) < 4.78 is 12.1. The number of thiophene rings is 1. The molecule has 0 aliphatic heterocycles. The molecule has 0 aliphatic carbocycles. The number of carbonyl (C=O) groups excluding carboxylic acids is 1. The largest absolute Gasteiger partial charge is 0.489 e. The summed E-state index contributed by atoms with van der Waals surface area (Å²) >= 11 is 1.59. The maximum atomic E-state index is 12.2. The molecule has 0 saturated heterocycles. The lowest BCUT2D eigenvalue weighted by atomic mass is 9.99. The summed E-state index contributed by atoms with van der Waals surface area (Å²) in [5.41, 5.74) is 9.40. The number of aryl methyl sites for hydroxylation is 2. The molecule has 0 radical (unpaired) electrons. The molecule has 3 N–H and O–H groups in total. The zero-order chi connectivity index (χ0) is 22.4. The van der Waals surface area contributed by atoms with Gasteiger partial charge in [-0.15, -0.1) is 0 Å². The number of carboxylic acids is 1. The van der Waals surface area contributed by atoms with Crippen LogP contribution >= 0.6 is 11.3 Å². The second-order valence-electron chi connectivity index (χ2n) is 7.29. The molecule has 3 aromatic rings. The molecule has 6 nitrogen and oxygen atoms in total. The molecule has 3 rings (SSSR count). The van der Waals surface area contributed by atoms with E-state index in [2.05, 4.69) is 0 Å². The summed E-state index contributed by atoms with van der Waals surface area (Å²) in [4.78, 5) is 23.4. The molecule has 1 heterocycles. The van der Waals surface area contributed by atoms with Crippen LogP contribution in [0.2, 0.25) is 0 Å². The van der Waals surface area contributed by atoms with E-state index in [9.17, 15) is 14.7 Å². The zero-order valence-corrected chi connectivity index (χ0v) is 18.3. The first-order valence-electron chi connectivity index (χ1n) is 9.87. The van der Waals surface area contributed by atoms with Crippen LogP contribution in [0.1, 0.15) is 51.6 Å². The monoisotopic (exact) mass is 439 g/mol. The Morgan fingerprint density at radius 1 is 1.13 bits per heavy atom. The molecule has 0 unspecified atom stereocenters. The summed E-state index contributed by atoms with van der Waals surface area (Å²) in [6.45, 7) is 4.09. The standard InChI is InChI=1S/C24H25NO5S/c1-15-5-3-4-6-19(15)20(7-8-22(26)27)30-21-12-18(11-16(2)23(21)24(25)28)29-13-17-9-10-31-14-17/h3-6,9-12,14,20H,7-8,13H2,1-2H3,(H2,25,28)(H,26,27)/t20-/m0/s1. The maximum absolute atomic E-state index is 12.2. The van der Waals surface area contributed by atoms with Gasteiger partial charge in [0.25, 0.3) is 5.91 Å². The van der Waals surface area contributed by atoms with E-state index in [-0.39, 0.29) is 24.2 Å². The number of carboxylic acid groups (broad SMARTS) is 1. The number of amides is 1. The van der Waals surface area contributed by atoms with E-state index in [0.717, 1.165) is 16.7 Å². The average Bonchev–Trinajstić information content (AvgIpc) is 3.23. The van der Waals surface area contributed by atoms with Crippen LogP contribution in [0.15, 0.2) is 53.2 Å². The van der Waals surface area contributed by atoms with E-state index in [1.54, 1.807) is 30.4 Å². The number of hydrogen-bond acceptors (Lipinski definition) is 5. The van der Waals surface area contributed by atoms with Gasteiger partial charge in [-0.05, 0) is 65.4 Å². The van der Waals surface area contributed by atoms with E-state index in [1.165, 1.54) is 0 Å². The fourth-order valence-electron chi connectivity index (χ4n) is 3.39. The third-order valence-corrected chi connectivity index (χ3v) is 5.66. The molecule has 0 saturated carbocycles. The minimum Gasteiger partial charge on any atom is -0.489 e. The Kier molecular flexibility index (Phi) is 7.31. The molecule has 2 aromatic carbocycles. The Morgan fingerprint density at radius 3 is 2.55 bits per heavy atom. The van der Waals surface area contributed by atoms with Gasteiger partial charge in [-0.1, -0.05) is 24.3 Å². The van der Waals surface area contributed by atoms with Crippen molar-refractivity contribution in [2.75, 3.05) is 0 Å². The number of rotatable bonds is 10. The van der Waals surface area contributed by atoms with Crippen molar-refractivity contribution >= 4 is 23.2 Å². The fraction of sp³-hybridized carbons (Fsp3) is 0.250. The van der Waals surface area contributed by atoms with Crippen molar-refractivity contribution in [1.29, 1.82) is 0 Å². The molecule has 0 bridgehead atoms. The highest BCUT2D eigenvalue weighted by Gasteiger charge is 2.22. The first-order valence-corrected chi connectivity index (χ1v) is 10.8. The van der Waals surface area contributed by atoms with Crippen molar-refractivity contribution in [3.8, 4) is 11.5 Å². The number of benzene rings is 2. The number of nitrogens with two attached hydrogens (primary N) is 1. The zero-order valence-electron chi connectivity index (χ0n) is 17.5. The number of primary amides is 1. The number of carbonyl (C=O) groups is 2. The van der Waals surface area contributed by atoms with Gasteiger partial charge in [0.05, 0.1) is 5.56 Å². The predicted octanol–water partition coefficient (Wildman–Crippen LogP) is 5.03. The molecule has 31 heavy (non-hydrogen) atoms. The van der Waals surface area contributed by atoms with E-state index >= 15 is 0 Å². The van der Waals surface area contributed by atoms with Crippen LogP contribution in [0, 0.1) is 13.8 Å².